The minimum absolute atomic E-state index is 0.112. The van der Waals surface area contributed by atoms with Crippen LogP contribution in [-0.4, -0.2) is 31.4 Å². The summed E-state index contributed by atoms with van der Waals surface area (Å²) in [5.41, 5.74) is 0.673. The number of rotatable bonds is 7. The van der Waals surface area contributed by atoms with E-state index in [2.05, 4.69) is 0 Å². The van der Waals surface area contributed by atoms with Crippen molar-refractivity contribution in [2.45, 2.75) is 12.5 Å². The van der Waals surface area contributed by atoms with Gasteiger partial charge in [0.15, 0.2) is 6.10 Å². The molecule has 0 spiro atoms. The van der Waals surface area contributed by atoms with Gasteiger partial charge in [0.1, 0.15) is 17.2 Å². The summed E-state index contributed by atoms with van der Waals surface area (Å²) in [6.07, 6.45) is -0.989. The number of carboxylic acid groups (broad SMARTS) is 1. The van der Waals surface area contributed by atoms with Crippen LogP contribution in [0.2, 0.25) is 5.02 Å². The van der Waals surface area contributed by atoms with Crippen LogP contribution in [0.1, 0.15) is 5.56 Å². The van der Waals surface area contributed by atoms with Gasteiger partial charge in [-0.3, -0.25) is 0 Å². The lowest BCUT2D eigenvalue weighted by Gasteiger charge is -2.18. The zero-order chi connectivity index (χ0) is 16.8. The van der Waals surface area contributed by atoms with Crippen molar-refractivity contribution < 1.29 is 24.1 Å². The summed E-state index contributed by atoms with van der Waals surface area (Å²) >= 11 is 6.02. The molecular weight excluding hydrogens is 320 g/mol. The van der Waals surface area contributed by atoms with Crippen molar-refractivity contribution in [3.05, 3.63) is 53.1 Å². The first-order chi connectivity index (χ1) is 11.0. The number of carbonyl (C=O) groups is 1. The first-order valence-electron chi connectivity index (χ1n) is 6.90. The number of hydrogen-bond acceptors (Lipinski definition) is 4. The molecule has 0 aliphatic heterocycles. The lowest BCUT2D eigenvalue weighted by Crippen LogP contribution is -2.29. The second-order valence-electron chi connectivity index (χ2n) is 4.76. The predicted molar refractivity (Wildman–Crippen MR) is 86.8 cm³/mol. The van der Waals surface area contributed by atoms with E-state index in [9.17, 15) is 9.90 Å². The van der Waals surface area contributed by atoms with E-state index in [1.807, 2.05) is 0 Å². The van der Waals surface area contributed by atoms with Gasteiger partial charge < -0.3 is 19.3 Å². The van der Waals surface area contributed by atoms with Crippen molar-refractivity contribution in [3.63, 3.8) is 0 Å². The fourth-order valence-corrected chi connectivity index (χ4v) is 2.29. The Balaban J connectivity index is 2.26. The van der Waals surface area contributed by atoms with Crippen molar-refractivity contribution in [3.8, 4) is 17.2 Å². The second kappa shape index (κ2) is 7.74. The molecule has 1 atom stereocenters. The molecule has 0 aromatic heterocycles. The molecule has 5 nitrogen and oxygen atoms in total. The highest BCUT2D eigenvalue weighted by atomic mass is 35.5. The number of benzene rings is 2. The SMILES string of the molecule is COc1ccc(OC)c(C[C@H](Oc2ccccc2Cl)C(=O)O)c1. The number of halogens is 1. The number of hydrogen-bond donors (Lipinski definition) is 1. The molecule has 0 aliphatic carbocycles. The van der Waals surface area contributed by atoms with E-state index in [0.29, 0.717) is 27.8 Å². The third-order valence-electron chi connectivity index (χ3n) is 3.27. The predicted octanol–water partition coefficient (Wildman–Crippen LogP) is 3.43. The van der Waals surface area contributed by atoms with Crippen molar-refractivity contribution in [2.24, 2.45) is 0 Å². The van der Waals surface area contributed by atoms with Gasteiger partial charge >= 0.3 is 5.97 Å². The van der Waals surface area contributed by atoms with E-state index in [1.54, 1.807) is 49.6 Å². The monoisotopic (exact) mass is 336 g/mol. The Kier molecular flexibility index (Phi) is 5.71. The Morgan fingerprint density at radius 1 is 1.13 bits per heavy atom. The van der Waals surface area contributed by atoms with Gasteiger partial charge in [-0.15, -0.1) is 0 Å². The lowest BCUT2D eigenvalue weighted by atomic mass is 10.1. The molecule has 122 valence electrons. The number of methoxy groups -OCH3 is 2. The second-order valence-corrected chi connectivity index (χ2v) is 5.16. The van der Waals surface area contributed by atoms with Crippen LogP contribution >= 0.6 is 11.6 Å². The van der Waals surface area contributed by atoms with Gasteiger partial charge in [-0.05, 0) is 30.3 Å². The van der Waals surface area contributed by atoms with Crippen LogP contribution in [0.15, 0.2) is 42.5 Å². The van der Waals surface area contributed by atoms with E-state index in [0.717, 1.165) is 0 Å². The van der Waals surface area contributed by atoms with Crippen LogP contribution in [0.5, 0.6) is 17.2 Å². The summed E-state index contributed by atoms with van der Waals surface area (Å²) in [4.78, 5) is 11.5. The number of ether oxygens (including phenoxy) is 3. The number of carboxylic acids is 1. The van der Waals surface area contributed by atoms with Gasteiger partial charge in [0.05, 0.1) is 19.2 Å². The first kappa shape index (κ1) is 17.0. The van der Waals surface area contributed by atoms with Crippen LogP contribution in [-0.2, 0) is 11.2 Å². The standard InChI is InChI=1S/C17H17ClO5/c1-21-12-7-8-14(22-2)11(9-12)10-16(17(19)20)23-15-6-4-3-5-13(15)18/h3-9,16H,10H2,1-2H3,(H,19,20)/t16-/m0/s1. The first-order valence-corrected chi connectivity index (χ1v) is 7.28. The molecule has 23 heavy (non-hydrogen) atoms. The summed E-state index contributed by atoms with van der Waals surface area (Å²) in [5, 5.41) is 9.79. The summed E-state index contributed by atoms with van der Waals surface area (Å²) < 4.78 is 16.0. The topological polar surface area (TPSA) is 65.0 Å². The molecule has 6 heteroatoms. The van der Waals surface area contributed by atoms with Crippen molar-refractivity contribution in [1.82, 2.24) is 0 Å². The van der Waals surface area contributed by atoms with Gasteiger partial charge in [0, 0.05) is 12.0 Å². The molecule has 0 radical (unpaired) electrons. The maximum atomic E-state index is 11.5. The minimum Gasteiger partial charge on any atom is -0.497 e. The molecular formula is C17H17ClO5. The van der Waals surface area contributed by atoms with Crippen LogP contribution in [0.3, 0.4) is 0 Å². The largest absolute Gasteiger partial charge is 0.497 e. The number of para-hydroxylation sites is 1. The van der Waals surface area contributed by atoms with Gasteiger partial charge in [-0.2, -0.15) is 0 Å². The van der Waals surface area contributed by atoms with Crippen LogP contribution in [0.25, 0.3) is 0 Å². The molecule has 2 rings (SSSR count). The average Bonchev–Trinajstić information content (AvgIpc) is 2.55. The Bertz CT molecular complexity index is 686. The maximum absolute atomic E-state index is 11.5. The molecule has 0 unspecified atom stereocenters. The molecule has 2 aromatic carbocycles. The molecule has 2 aromatic rings. The van der Waals surface area contributed by atoms with E-state index < -0.39 is 12.1 Å². The Morgan fingerprint density at radius 3 is 2.48 bits per heavy atom. The number of aliphatic carboxylic acids is 1. The van der Waals surface area contributed by atoms with Gasteiger partial charge in [0.2, 0.25) is 0 Å². The Morgan fingerprint density at radius 2 is 1.87 bits per heavy atom. The molecule has 0 amide bonds. The summed E-state index contributed by atoms with van der Waals surface area (Å²) in [5.74, 6) is 0.417. The van der Waals surface area contributed by atoms with Crippen LogP contribution < -0.4 is 14.2 Å². The van der Waals surface area contributed by atoms with Crippen molar-refractivity contribution in [1.29, 1.82) is 0 Å². The highest BCUT2D eigenvalue weighted by molar-refractivity contribution is 6.32. The Hall–Kier alpha value is -2.40. The zero-order valence-corrected chi connectivity index (χ0v) is 13.5. The van der Waals surface area contributed by atoms with Crippen LogP contribution in [0.4, 0.5) is 0 Å². The average molecular weight is 337 g/mol. The lowest BCUT2D eigenvalue weighted by molar-refractivity contribution is -0.145. The molecule has 0 saturated heterocycles. The fourth-order valence-electron chi connectivity index (χ4n) is 2.11. The van der Waals surface area contributed by atoms with E-state index in [-0.39, 0.29) is 6.42 Å². The molecule has 1 N–H and O–H groups in total. The maximum Gasteiger partial charge on any atom is 0.345 e. The summed E-state index contributed by atoms with van der Waals surface area (Å²) in [6.45, 7) is 0. The molecule has 0 saturated carbocycles. The van der Waals surface area contributed by atoms with E-state index in [1.165, 1.54) is 7.11 Å². The fraction of sp³-hybridized carbons (Fsp3) is 0.235. The van der Waals surface area contributed by atoms with Crippen LogP contribution in [0, 0.1) is 0 Å². The zero-order valence-electron chi connectivity index (χ0n) is 12.8. The highest BCUT2D eigenvalue weighted by Gasteiger charge is 2.23. The molecule has 0 fully saturated rings. The van der Waals surface area contributed by atoms with Gasteiger partial charge in [0.25, 0.3) is 0 Å². The summed E-state index contributed by atoms with van der Waals surface area (Å²) in [6, 6.07) is 11.9. The van der Waals surface area contributed by atoms with E-state index in [4.69, 9.17) is 25.8 Å². The molecule has 0 bridgehead atoms. The summed E-state index contributed by atoms with van der Waals surface area (Å²) in [7, 11) is 3.07. The van der Waals surface area contributed by atoms with Gasteiger partial charge in [-0.25, -0.2) is 4.79 Å². The van der Waals surface area contributed by atoms with E-state index >= 15 is 0 Å². The highest BCUT2D eigenvalue weighted by Crippen LogP contribution is 2.28. The normalized spacial score (nSPS) is 11.6. The third-order valence-corrected chi connectivity index (χ3v) is 3.59. The van der Waals surface area contributed by atoms with Crippen molar-refractivity contribution in [2.75, 3.05) is 14.2 Å². The Labute approximate surface area is 139 Å². The third kappa shape index (κ3) is 4.29. The quantitative estimate of drug-likeness (QED) is 0.839. The molecule has 0 aliphatic rings. The minimum atomic E-state index is -1.10. The van der Waals surface area contributed by atoms with Crippen molar-refractivity contribution >= 4 is 17.6 Å². The molecule has 0 heterocycles. The van der Waals surface area contributed by atoms with Gasteiger partial charge in [-0.1, -0.05) is 23.7 Å². The smallest absolute Gasteiger partial charge is 0.345 e.